The van der Waals surface area contributed by atoms with E-state index in [0.29, 0.717) is 12.0 Å². The van der Waals surface area contributed by atoms with E-state index in [1.807, 2.05) is 0 Å². The maximum Gasteiger partial charge on any atom is 0.225 e. The van der Waals surface area contributed by atoms with E-state index in [2.05, 4.69) is 33.6 Å². The Morgan fingerprint density at radius 1 is 1.16 bits per heavy atom. The largest absolute Gasteiger partial charge is 0.333 e. The Kier molecular flexibility index (Phi) is 3.17. The molecule has 3 heterocycles. The van der Waals surface area contributed by atoms with Crippen LogP contribution < -0.4 is 4.90 Å². The molecule has 5 heteroatoms. The zero-order valence-corrected chi connectivity index (χ0v) is 11.6. The Labute approximate surface area is 113 Å². The van der Waals surface area contributed by atoms with E-state index in [9.17, 15) is 4.39 Å². The van der Waals surface area contributed by atoms with Crippen LogP contribution in [0.5, 0.6) is 0 Å². The third-order valence-corrected chi connectivity index (χ3v) is 4.58. The predicted molar refractivity (Wildman–Crippen MR) is 72.6 cm³/mol. The van der Waals surface area contributed by atoms with Crippen molar-refractivity contribution in [3.05, 3.63) is 18.2 Å². The van der Waals surface area contributed by atoms with Crippen LogP contribution in [0.3, 0.4) is 0 Å². The van der Waals surface area contributed by atoms with Crippen molar-refractivity contribution in [1.29, 1.82) is 0 Å². The highest BCUT2D eigenvalue weighted by atomic mass is 19.1. The molecule has 1 atom stereocenters. The van der Waals surface area contributed by atoms with Gasteiger partial charge in [-0.15, -0.1) is 0 Å². The average molecular weight is 264 g/mol. The molecule has 4 nitrogen and oxygen atoms in total. The number of hydrogen-bond donors (Lipinski definition) is 0. The fourth-order valence-electron chi connectivity index (χ4n) is 3.56. The molecule has 0 saturated carbocycles. The molecule has 2 aliphatic heterocycles. The van der Waals surface area contributed by atoms with Gasteiger partial charge in [0.05, 0.1) is 17.9 Å². The van der Waals surface area contributed by atoms with E-state index in [1.165, 1.54) is 38.2 Å². The van der Waals surface area contributed by atoms with Crippen molar-refractivity contribution in [1.82, 2.24) is 14.9 Å². The van der Waals surface area contributed by atoms with Crippen LogP contribution in [0.4, 0.5) is 10.3 Å². The molecule has 0 spiro atoms. The number of rotatable bonds is 1. The molecule has 19 heavy (non-hydrogen) atoms. The quantitative estimate of drug-likeness (QED) is 0.777. The van der Waals surface area contributed by atoms with Gasteiger partial charge in [-0.05, 0) is 33.2 Å². The second-order valence-electron chi connectivity index (χ2n) is 6.05. The molecular formula is C14H21FN4. The Hall–Kier alpha value is -1.23. The number of halogens is 1. The molecule has 1 aromatic rings. The first-order valence-corrected chi connectivity index (χ1v) is 7.08. The Bertz CT molecular complexity index is 445. The summed E-state index contributed by atoms with van der Waals surface area (Å²) < 4.78 is 13.0. The number of piperidine rings is 1. The number of fused-ring (bicyclic) bond motifs is 1. The molecule has 0 aromatic carbocycles. The molecule has 0 aliphatic carbocycles. The lowest BCUT2D eigenvalue weighted by Gasteiger charge is -2.55. The molecule has 1 unspecified atom stereocenters. The van der Waals surface area contributed by atoms with Gasteiger partial charge in [0.15, 0.2) is 5.82 Å². The number of piperazine rings is 1. The molecule has 104 valence electrons. The Morgan fingerprint density at radius 3 is 2.63 bits per heavy atom. The van der Waals surface area contributed by atoms with Crippen molar-refractivity contribution < 1.29 is 4.39 Å². The third kappa shape index (κ3) is 2.20. The average Bonchev–Trinajstić information content (AvgIpc) is 2.40. The molecule has 0 amide bonds. The highest BCUT2D eigenvalue weighted by Gasteiger charge is 2.44. The van der Waals surface area contributed by atoms with Gasteiger partial charge in [0.1, 0.15) is 0 Å². The molecule has 0 radical (unpaired) electrons. The van der Waals surface area contributed by atoms with E-state index in [1.54, 1.807) is 0 Å². The lowest BCUT2D eigenvalue weighted by molar-refractivity contribution is 0.0645. The fourth-order valence-corrected chi connectivity index (χ4v) is 3.56. The first-order chi connectivity index (χ1) is 9.09. The topological polar surface area (TPSA) is 32.3 Å². The van der Waals surface area contributed by atoms with Gasteiger partial charge in [-0.25, -0.2) is 14.4 Å². The number of anilines is 1. The lowest BCUT2D eigenvalue weighted by atomic mass is 9.83. The first kappa shape index (κ1) is 12.8. The van der Waals surface area contributed by atoms with Crippen molar-refractivity contribution in [2.75, 3.05) is 24.5 Å². The number of aromatic nitrogens is 2. The summed E-state index contributed by atoms with van der Waals surface area (Å²) in [5, 5.41) is 0. The summed E-state index contributed by atoms with van der Waals surface area (Å²) >= 11 is 0. The molecule has 2 fully saturated rings. The lowest BCUT2D eigenvalue weighted by Crippen LogP contribution is -2.67. The van der Waals surface area contributed by atoms with E-state index in [0.717, 1.165) is 13.1 Å². The van der Waals surface area contributed by atoms with Gasteiger partial charge in [0, 0.05) is 19.1 Å². The summed E-state index contributed by atoms with van der Waals surface area (Å²) in [5.41, 5.74) is -0.00347. The van der Waals surface area contributed by atoms with Crippen molar-refractivity contribution in [2.45, 2.75) is 44.7 Å². The maximum absolute atomic E-state index is 13.0. The minimum absolute atomic E-state index is 0.00347. The Balaban J connectivity index is 1.88. The van der Waals surface area contributed by atoms with E-state index in [-0.39, 0.29) is 11.4 Å². The van der Waals surface area contributed by atoms with Gasteiger partial charge in [0.25, 0.3) is 0 Å². The summed E-state index contributed by atoms with van der Waals surface area (Å²) in [6, 6.07) is 0.545. The van der Waals surface area contributed by atoms with Gasteiger partial charge in [-0.2, -0.15) is 0 Å². The van der Waals surface area contributed by atoms with E-state index < -0.39 is 0 Å². The number of hydrogen-bond acceptors (Lipinski definition) is 4. The zero-order chi connectivity index (χ0) is 13.5. The second kappa shape index (κ2) is 4.71. The summed E-state index contributed by atoms with van der Waals surface area (Å²) in [5.74, 6) is 0.273. The van der Waals surface area contributed by atoms with Crippen LogP contribution in [0.1, 0.15) is 33.1 Å². The predicted octanol–water partition coefficient (Wildman–Crippen LogP) is 2.07. The molecule has 3 rings (SSSR count). The van der Waals surface area contributed by atoms with Crippen molar-refractivity contribution in [2.24, 2.45) is 0 Å². The minimum atomic E-state index is -0.377. The van der Waals surface area contributed by atoms with E-state index >= 15 is 0 Å². The van der Waals surface area contributed by atoms with Crippen LogP contribution in [0.2, 0.25) is 0 Å². The van der Waals surface area contributed by atoms with Crippen LogP contribution in [-0.2, 0) is 0 Å². The van der Waals surface area contributed by atoms with Crippen LogP contribution >= 0.6 is 0 Å². The third-order valence-electron chi connectivity index (χ3n) is 4.58. The molecule has 2 aliphatic rings. The van der Waals surface area contributed by atoms with Gasteiger partial charge >= 0.3 is 0 Å². The summed E-state index contributed by atoms with van der Waals surface area (Å²) in [7, 11) is 0. The van der Waals surface area contributed by atoms with Crippen LogP contribution in [0, 0.1) is 5.82 Å². The minimum Gasteiger partial charge on any atom is -0.333 e. The highest BCUT2D eigenvalue weighted by molar-refractivity contribution is 5.36. The van der Waals surface area contributed by atoms with Gasteiger partial charge in [-0.1, -0.05) is 6.42 Å². The second-order valence-corrected chi connectivity index (χ2v) is 6.05. The Morgan fingerprint density at radius 2 is 1.89 bits per heavy atom. The van der Waals surface area contributed by atoms with Crippen LogP contribution in [-0.4, -0.2) is 46.1 Å². The first-order valence-electron chi connectivity index (χ1n) is 7.08. The van der Waals surface area contributed by atoms with Gasteiger partial charge in [0.2, 0.25) is 5.95 Å². The van der Waals surface area contributed by atoms with E-state index in [4.69, 9.17) is 0 Å². The van der Waals surface area contributed by atoms with Crippen molar-refractivity contribution >= 4 is 5.95 Å². The van der Waals surface area contributed by atoms with Gasteiger partial charge in [-0.3, -0.25) is 4.90 Å². The summed E-state index contributed by atoms with van der Waals surface area (Å²) in [4.78, 5) is 13.1. The summed E-state index contributed by atoms with van der Waals surface area (Å²) in [6.07, 6.45) is 6.34. The highest BCUT2D eigenvalue weighted by Crippen LogP contribution is 2.35. The van der Waals surface area contributed by atoms with Crippen LogP contribution in [0.25, 0.3) is 0 Å². The molecule has 0 N–H and O–H groups in total. The molecule has 0 bridgehead atoms. The standard InChI is InChI=1S/C14H21FN4/c1-14(2)12-5-3-4-6-18(12)7-8-19(14)13-16-9-11(15)10-17-13/h9-10,12H,3-8H2,1-2H3. The van der Waals surface area contributed by atoms with Gasteiger partial charge < -0.3 is 4.90 Å². The number of nitrogens with zero attached hydrogens (tertiary/aromatic N) is 4. The van der Waals surface area contributed by atoms with Crippen molar-refractivity contribution in [3.8, 4) is 0 Å². The van der Waals surface area contributed by atoms with Crippen LogP contribution in [0.15, 0.2) is 12.4 Å². The fraction of sp³-hybridized carbons (Fsp3) is 0.714. The molecule has 2 saturated heterocycles. The SMILES string of the molecule is CC1(C)C2CCCCN2CCN1c1ncc(F)cn1. The molecule has 1 aromatic heterocycles. The van der Waals surface area contributed by atoms with Crippen molar-refractivity contribution in [3.63, 3.8) is 0 Å². The molecular weight excluding hydrogens is 243 g/mol. The zero-order valence-electron chi connectivity index (χ0n) is 11.6. The smallest absolute Gasteiger partial charge is 0.225 e. The normalized spacial score (nSPS) is 27.1. The summed E-state index contributed by atoms with van der Waals surface area (Å²) in [6.45, 7) is 7.67. The monoisotopic (exact) mass is 264 g/mol. The maximum atomic E-state index is 13.0.